The van der Waals surface area contributed by atoms with E-state index in [1.807, 2.05) is 36.6 Å². The molecule has 1 heterocycles. The highest BCUT2D eigenvalue weighted by molar-refractivity contribution is 7.13. The lowest BCUT2D eigenvalue weighted by atomic mass is 10.2. The van der Waals surface area contributed by atoms with E-state index in [0.717, 1.165) is 22.1 Å². The van der Waals surface area contributed by atoms with Crippen LogP contribution in [0.3, 0.4) is 0 Å². The molecule has 0 aliphatic rings. The highest BCUT2D eigenvalue weighted by Gasteiger charge is 2.02. The van der Waals surface area contributed by atoms with Gasteiger partial charge in [-0.25, -0.2) is 4.98 Å². The third kappa shape index (κ3) is 6.37. The van der Waals surface area contributed by atoms with E-state index in [-0.39, 0.29) is 5.97 Å². The van der Waals surface area contributed by atoms with Crippen molar-refractivity contribution in [3.8, 4) is 5.75 Å². The predicted octanol–water partition coefficient (Wildman–Crippen LogP) is 3.62. The molecule has 0 aliphatic carbocycles. The first-order valence-electron chi connectivity index (χ1n) is 7.77. The molecule has 24 heavy (non-hydrogen) atoms. The van der Waals surface area contributed by atoms with Crippen LogP contribution in [-0.2, 0) is 9.53 Å². The molecular formula is C17H21N3O3S. The summed E-state index contributed by atoms with van der Waals surface area (Å²) in [4.78, 5) is 15.5. The molecule has 0 fully saturated rings. The maximum atomic E-state index is 11.2. The molecule has 128 valence electrons. The predicted molar refractivity (Wildman–Crippen MR) is 95.9 cm³/mol. The molecule has 1 N–H and O–H groups in total. The number of hydrogen-bond acceptors (Lipinski definition) is 7. The molecule has 0 aliphatic heterocycles. The van der Waals surface area contributed by atoms with Crippen LogP contribution in [0.1, 0.15) is 31.0 Å². The monoisotopic (exact) mass is 347 g/mol. The van der Waals surface area contributed by atoms with Crippen LogP contribution in [0.5, 0.6) is 5.75 Å². The second kappa shape index (κ2) is 9.67. The molecule has 2 aromatic rings. The van der Waals surface area contributed by atoms with Gasteiger partial charge in [0.1, 0.15) is 5.75 Å². The average Bonchev–Trinajstić information content (AvgIpc) is 2.98. The molecule has 0 saturated carbocycles. The smallest absolute Gasteiger partial charge is 0.305 e. The van der Waals surface area contributed by atoms with Gasteiger partial charge in [0.05, 0.1) is 25.1 Å². The van der Waals surface area contributed by atoms with Crippen molar-refractivity contribution < 1.29 is 14.3 Å². The van der Waals surface area contributed by atoms with Gasteiger partial charge in [0.25, 0.3) is 0 Å². The van der Waals surface area contributed by atoms with Crippen molar-refractivity contribution in [1.29, 1.82) is 0 Å². The number of ether oxygens (including phenoxy) is 2. The van der Waals surface area contributed by atoms with Crippen molar-refractivity contribution in [3.63, 3.8) is 0 Å². The van der Waals surface area contributed by atoms with E-state index in [9.17, 15) is 4.79 Å². The van der Waals surface area contributed by atoms with Gasteiger partial charge >= 0.3 is 5.97 Å². The van der Waals surface area contributed by atoms with Crippen LogP contribution in [-0.4, -0.2) is 30.4 Å². The number of anilines is 1. The molecule has 0 unspecified atom stereocenters. The summed E-state index contributed by atoms with van der Waals surface area (Å²) in [5.74, 6) is 0.554. The molecule has 0 saturated heterocycles. The normalized spacial score (nSPS) is 10.8. The molecular weight excluding hydrogens is 326 g/mol. The molecule has 7 heteroatoms. The quantitative estimate of drug-likeness (QED) is 0.325. The van der Waals surface area contributed by atoms with E-state index in [1.54, 1.807) is 13.1 Å². The number of rotatable bonds is 9. The summed E-state index contributed by atoms with van der Waals surface area (Å²) in [5, 5.41) is 6.88. The molecule has 0 radical (unpaired) electrons. The van der Waals surface area contributed by atoms with Gasteiger partial charge in [-0.3, -0.25) is 10.2 Å². The van der Waals surface area contributed by atoms with Gasteiger partial charge in [-0.15, -0.1) is 11.3 Å². The fraction of sp³-hybridized carbons (Fsp3) is 0.353. The Labute approximate surface area is 145 Å². The fourth-order valence-corrected chi connectivity index (χ4v) is 2.53. The number of benzene rings is 1. The molecule has 1 aromatic heterocycles. The van der Waals surface area contributed by atoms with Gasteiger partial charge in [0, 0.05) is 11.8 Å². The summed E-state index contributed by atoms with van der Waals surface area (Å²) in [6.45, 7) is 4.62. The number of aryl methyl sites for hydroxylation is 1. The number of thiazole rings is 1. The lowest BCUT2D eigenvalue weighted by Crippen LogP contribution is -2.06. The van der Waals surface area contributed by atoms with Gasteiger partial charge in [-0.2, -0.15) is 5.10 Å². The molecule has 0 spiro atoms. The van der Waals surface area contributed by atoms with E-state index in [0.29, 0.717) is 26.1 Å². The number of carbonyl (C=O) groups is 1. The number of nitrogens with one attached hydrogen (secondary N) is 1. The minimum atomic E-state index is -0.189. The van der Waals surface area contributed by atoms with Crippen molar-refractivity contribution in [2.24, 2.45) is 5.10 Å². The first kappa shape index (κ1) is 17.9. The van der Waals surface area contributed by atoms with Gasteiger partial charge in [-0.1, -0.05) is 12.1 Å². The summed E-state index contributed by atoms with van der Waals surface area (Å²) in [6.07, 6.45) is 2.70. The number of esters is 1. The SMILES string of the molecule is CCOC(=O)CCCOc1cccc(C=NNc2nc(C)cs2)c1. The zero-order valence-corrected chi connectivity index (χ0v) is 14.6. The van der Waals surface area contributed by atoms with Crippen LogP contribution >= 0.6 is 11.3 Å². The lowest BCUT2D eigenvalue weighted by Gasteiger charge is -2.06. The highest BCUT2D eigenvalue weighted by atomic mass is 32.1. The van der Waals surface area contributed by atoms with Gasteiger partial charge in [0.15, 0.2) is 0 Å². The summed E-state index contributed by atoms with van der Waals surface area (Å²) in [7, 11) is 0. The third-order valence-corrected chi connectivity index (χ3v) is 3.82. The number of hydrazone groups is 1. The second-order valence-corrected chi connectivity index (χ2v) is 5.85. The van der Waals surface area contributed by atoms with Crippen molar-refractivity contribution in [3.05, 3.63) is 40.9 Å². The Hall–Kier alpha value is -2.41. The van der Waals surface area contributed by atoms with E-state index in [2.05, 4.69) is 15.5 Å². The molecule has 2 rings (SSSR count). The Morgan fingerprint density at radius 3 is 3.08 bits per heavy atom. The number of carbonyl (C=O) groups excluding carboxylic acids is 1. The van der Waals surface area contributed by atoms with Crippen LogP contribution in [0.2, 0.25) is 0 Å². The standard InChI is InChI=1S/C17H21N3O3S/c1-3-22-16(21)8-5-9-23-15-7-4-6-14(10-15)11-18-20-17-19-13(2)12-24-17/h4,6-7,10-12H,3,5,8-9H2,1-2H3,(H,19,20). The van der Waals surface area contributed by atoms with E-state index < -0.39 is 0 Å². The minimum Gasteiger partial charge on any atom is -0.494 e. The van der Waals surface area contributed by atoms with Crippen molar-refractivity contribution in [2.45, 2.75) is 26.7 Å². The van der Waals surface area contributed by atoms with Crippen LogP contribution in [0.4, 0.5) is 5.13 Å². The number of nitrogens with zero attached hydrogens (tertiary/aromatic N) is 2. The summed E-state index contributed by atoms with van der Waals surface area (Å²) in [5.41, 5.74) is 4.78. The number of hydrogen-bond donors (Lipinski definition) is 1. The van der Waals surface area contributed by atoms with Gasteiger partial charge in [0.2, 0.25) is 5.13 Å². The maximum Gasteiger partial charge on any atom is 0.305 e. The Balaban J connectivity index is 1.77. The average molecular weight is 347 g/mol. The Kier molecular flexibility index (Phi) is 7.22. The van der Waals surface area contributed by atoms with E-state index in [1.165, 1.54) is 11.3 Å². The largest absolute Gasteiger partial charge is 0.494 e. The zero-order chi connectivity index (χ0) is 17.2. The number of aromatic nitrogens is 1. The second-order valence-electron chi connectivity index (χ2n) is 4.99. The minimum absolute atomic E-state index is 0.189. The van der Waals surface area contributed by atoms with E-state index in [4.69, 9.17) is 9.47 Å². The topological polar surface area (TPSA) is 72.8 Å². The van der Waals surface area contributed by atoms with Crippen LogP contribution < -0.4 is 10.2 Å². The Morgan fingerprint density at radius 2 is 2.33 bits per heavy atom. The van der Waals surface area contributed by atoms with Crippen LogP contribution in [0, 0.1) is 6.92 Å². The van der Waals surface area contributed by atoms with Gasteiger partial charge in [-0.05, 0) is 38.0 Å². The van der Waals surface area contributed by atoms with Crippen LogP contribution in [0.25, 0.3) is 0 Å². The first-order valence-corrected chi connectivity index (χ1v) is 8.65. The Bertz CT molecular complexity index is 685. The Morgan fingerprint density at radius 1 is 1.46 bits per heavy atom. The van der Waals surface area contributed by atoms with E-state index >= 15 is 0 Å². The third-order valence-electron chi connectivity index (χ3n) is 2.95. The molecule has 0 amide bonds. The first-order chi connectivity index (χ1) is 11.7. The van der Waals surface area contributed by atoms with Crippen molar-refractivity contribution in [2.75, 3.05) is 18.6 Å². The molecule has 1 aromatic carbocycles. The van der Waals surface area contributed by atoms with Gasteiger partial charge < -0.3 is 9.47 Å². The molecule has 6 nitrogen and oxygen atoms in total. The summed E-state index contributed by atoms with van der Waals surface area (Å²) in [6, 6.07) is 7.60. The summed E-state index contributed by atoms with van der Waals surface area (Å²) < 4.78 is 10.5. The fourth-order valence-electron chi connectivity index (χ4n) is 1.89. The van der Waals surface area contributed by atoms with Crippen LogP contribution in [0.15, 0.2) is 34.7 Å². The van der Waals surface area contributed by atoms with Crippen molar-refractivity contribution >= 4 is 28.7 Å². The summed E-state index contributed by atoms with van der Waals surface area (Å²) >= 11 is 1.51. The molecule has 0 atom stereocenters. The highest BCUT2D eigenvalue weighted by Crippen LogP contribution is 2.15. The maximum absolute atomic E-state index is 11.2. The lowest BCUT2D eigenvalue weighted by molar-refractivity contribution is -0.143. The molecule has 0 bridgehead atoms. The van der Waals surface area contributed by atoms with Crippen molar-refractivity contribution in [1.82, 2.24) is 4.98 Å². The zero-order valence-electron chi connectivity index (χ0n) is 13.8.